The van der Waals surface area contributed by atoms with Crippen LogP contribution in [0.5, 0.6) is 0 Å². The highest BCUT2D eigenvalue weighted by atomic mass is 16.2. The van der Waals surface area contributed by atoms with Crippen molar-refractivity contribution in [2.75, 3.05) is 37.6 Å². The fourth-order valence-electron chi connectivity index (χ4n) is 5.28. The summed E-state index contributed by atoms with van der Waals surface area (Å²) in [6, 6.07) is 1.61. The number of nitrogens with zero attached hydrogens (tertiary/aromatic N) is 5. The maximum atomic E-state index is 12.9. The first-order chi connectivity index (χ1) is 15.3. The molecule has 1 unspecified atom stereocenters. The van der Waals surface area contributed by atoms with E-state index in [1.165, 1.54) is 12.8 Å². The van der Waals surface area contributed by atoms with E-state index in [1.807, 2.05) is 6.92 Å². The topological polar surface area (TPSA) is 98.7 Å². The summed E-state index contributed by atoms with van der Waals surface area (Å²) < 4.78 is 0. The van der Waals surface area contributed by atoms with Crippen LogP contribution in [0.3, 0.4) is 0 Å². The van der Waals surface area contributed by atoms with Gasteiger partial charge in [-0.2, -0.15) is 0 Å². The highest BCUT2D eigenvalue weighted by Crippen LogP contribution is 2.42. The second-order valence-corrected chi connectivity index (χ2v) is 9.87. The Morgan fingerprint density at radius 2 is 1.78 bits per heavy atom. The van der Waals surface area contributed by atoms with Crippen molar-refractivity contribution < 1.29 is 14.4 Å². The summed E-state index contributed by atoms with van der Waals surface area (Å²) in [6.07, 6.45) is 5.87. The van der Waals surface area contributed by atoms with E-state index in [4.69, 9.17) is 9.97 Å². The molecule has 4 aliphatic rings. The van der Waals surface area contributed by atoms with Crippen LogP contribution >= 0.6 is 0 Å². The fraction of sp³-hybridized carbons (Fsp3) is 0.696. The monoisotopic (exact) mass is 440 g/mol. The average molecular weight is 441 g/mol. The maximum Gasteiger partial charge on any atom is 0.325 e. The minimum Gasteiger partial charge on any atom is -0.357 e. The summed E-state index contributed by atoms with van der Waals surface area (Å²) in [6.45, 7) is 6.87. The third-order valence-electron chi connectivity index (χ3n) is 7.49. The number of carbonyl (C=O) groups excluding carboxylic acids is 3. The first-order valence-electron chi connectivity index (χ1n) is 11.9. The summed E-state index contributed by atoms with van der Waals surface area (Å²) >= 11 is 0. The van der Waals surface area contributed by atoms with Gasteiger partial charge in [0.25, 0.3) is 5.91 Å². The molecule has 0 spiro atoms. The van der Waals surface area contributed by atoms with E-state index in [-0.39, 0.29) is 30.2 Å². The van der Waals surface area contributed by atoms with Gasteiger partial charge in [0, 0.05) is 43.9 Å². The number of nitrogens with one attached hydrogen (secondary N) is 1. The Hall–Kier alpha value is -2.71. The van der Waals surface area contributed by atoms with Crippen LogP contribution in [0, 0.1) is 12.8 Å². The zero-order valence-corrected chi connectivity index (χ0v) is 19.0. The fourth-order valence-corrected chi connectivity index (χ4v) is 5.28. The largest absolute Gasteiger partial charge is 0.357 e. The Kier molecular flexibility index (Phi) is 5.29. The van der Waals surface area contributed by atoms with Crippen molar-refractivity contribution in [2.24, 2.45) is 5.92 Å². The van der Waals surface area contributed by atoms with Gasteiger partial charge in [-0.3, -0.25) is 14.5 Å². The smallest absolute Gasteiger partial charge is 0.325 e. The lowest BCUT2D eigenvalue weighted by atomic mass is 9.95. The van der Waals surface area contributed by atoms with Crippen LogP contribution in [-0.4, -0.2) is 75.9 Å². The molecule has 1 atom stereocenters. The molecule has 1 aromatic heterocycles. The van der Waals surface area contributed by atoms with E-state index >= 15 is 0 Å². The van der Waals surface area contributed by atoms with Gasteiger partial charge in [-0.1, -0.05) is 0 Å². The molecule has 172 valence electrons. The molecule has 5 rings (SSSR count). The van der Waals surface area contributed by atoms with Crippen LogP contribution in [0.4, 0.5) is 10.6 Å². The number of amides is 4. The zero-order chi connectivity index (χ0) is 22.5. The molecule has 4 fully saturated rings. The SMILES string of the molecule is Cc1cc(N2CCCC2)nc(C2CCN(C(=O)CN3C(=O)NC(C)(C4CC4)C3=O)CC2)n1. The number of rotatable bonds is 5. The van der Waals surface area contributed by atoms with Crippen LogP contribution < -0.4 is 10.2 Å². The van der Waals surface area contributed by atoms with Crippen molar-refractivity contribution in [2.45, 2.75) is 63.8 Å². The number of hydrogen-bond donors (Lipinski definition) is 1. The second kappa shape index (κ2) is 8.01. The lowest BCUT2D eigenvalue weighted by molar-refractivity contribution is -0.139. The van der Waals surface area contributed by atoms with Crippen molar-refractivity contribution >= 4 is 23.7 Å². The standard InChI is InChI=1S/C23H32N6O3/c1-15-13-18(27-9-3-4-10-27)25-20(24-15)16-7-11-28(12-8-16)19(30)14-29-21(31)23(2,17-5-6-17)26-22(29)32/h13,16-17H,3-12,14H2,1-2H3,(H,26,32). The Morgan fingerprint density at radius 1 is 1.09 bits per heavy atom. The van der Waals surface area contributed by atoms with Gasteiger partial charge in [0.05, 0.1) is 0 Å². The van der Waals surface area contributed by atoms with E-state index in [9.17, 15) is 14.4 Å². The number of aryl methyl sites for hydroxylation is 1. The lowest BCUT2D eigenvalue weighted by Gasteiger charge is -2.32. The van der Waals surface area contributed by atoms with Crippen LogP contribution in [0.25, 0.3) is 0 Å². The molecular formula is C23H32N6O3. The molecule has 4 amide bonds. The van der Waals surface area contributed by atoms with Crippen LogP contribution in [0.2, 0.25) is 0 Å². The number of hydrogen-bond acceptors (Lipinski definition) is 6. The molecule has 3 saturated heterocycles. The molecule has 0 aromatic carbocycles. The average Bonchev–Trinajstić information content (AvgIpc) is 3.46. The second-order valence-electron chi connectivity index (χ2n) is 9.87. The van der Waals surface area contributed by atoms with Crippen molar-refractivity contribution in [1.29, 1.82) is 0 Å². The predicted molar refractivity (Wildman–Crippen MR) is 118 cm³/mol. The number of urea groups is 1. The molecule has 4 heterocycles. The van der Waals surface area contributed by atoms with Gasteiger partial charge in [0.1, 0.15) is 23.7 Å². The van der Waals surface area contributed by atoms with E-state index in [0.29, 0.717) is 13.1 Å². The van der Waals surface area contributed by atoms with Gasteiger partial charge in [-0.15, -0.1) is 0 Å². The summed E-state index contributed by atoms with van der Waals surface area (Å²) in [5, 5.41) is 2.81. The Balaban J connectivity index is 1.19. The zero-order valence-electron chi connectivity index (χ0n) is 19.0. The first-order valence-corrected chi connectivity index (χ1v) is 11.9. The van der Waals surface area contributed by atoms with E-state index < -0.39 is 11.6 Å². The molecule has 1 aliphatic carbocycles. The predicted octanol–water partition coefficient (Wildman–Crippen LogP) is 1.81. The third kappa shape index (κ3) is 3.82. The van der Waals surface area contributed by atoms with Crippen LogP contribution in [0.15, 0.2) is 6.07 Å². The molecule has 0 bridgehead atoms. The van der Waals surface area contributed by atoms with Gasteiger partial charge in [-0.05, 0) is 58.3 Å². The molecule has 3 aliphatic heterocycles. The summed E-state index contributed by atoms with van der Waals surface area (Å²) in [5.41, 5.74) is 0.132. The number of aromatic nitrogens is 2. The molecule has 1 saturated carbocycles. The van der Waals surface area contributed by atoms with Crippen molar-refractivity contribution in [3.8, 4) is 0 Å². The van der Waals surface area contributed by atoms with Crippen LogP contribution in [0.1, 0.15) is 62.9 Å². The Bertz CT molecular complexity index is 934. The van der Waals surface area contributed by atoms with E-state index in [0.717, 1.165) is 61.0 Å². The quantitative estimate of drug-likeness (QED) is 0.701. The molecule has 9 nitrogen and oxygen atoms in total. The molecule has 1 aromatic rings. The summed E-state index contributed by atoms with van der Waals surface area (Å²) in [5.74, 6) is 1.85. The Morgan fingerprint density at radius 3 is 2.44 bits per heavy atom. The molecular weight excluding hydrogens is 408 g/mol. The van der Waals surface area contributed by atoms with Gasteiger partial charge >= 0.3 is 6.03 Å². The van der Waals surface area contributed by atoms with Gasteiger partial charge in [0.2, 0.25) is 5.91 Å². The normalized spacial score (nSPS) is 26.8. The van der Waals surface area contributed by atoms with E-state index in [1.54, 1.807) is 11.8 Å². The van der Waals surface area contributed by atoms with Crippen molar-refractivity contribution in [3.05, 3.63) is 17.6 Å². The van der Waals surface area contributed by atoms with Crippen LogP contribution in [-0.2, 0) is 9.59 Å². The summed E-state index contributed by atoms with van der Waals surface area (Å²) in [7, 11) is 0. The van der Waals surface area contributed by atoms with Crippen molar-refractivity contribution in [1.82, 2.24) is 25.1 Å². The van der Waals surface area contributed by atoms with Gasteiger partial charge in [0.15, 0.2) is 0 Å². The lowest BCUT2D eigenvalue weighted by Crippen LogP contribution is -2.48. The number of piperidine rings is 1. The molecule has 1 N–H and O–H groups in total. The third-order valence-corrected chi connectivity index (χ3v) is 7.49. The highest BCUT2D eigenvalue weighted by molar-refractivity contribution is 6.09. The maximum absolute atomic E-state index is 12.9. The number of anilines is 1. The number of imide groups is 1. The minimum absolute atomic E-state index is 0.171. The van der Waals surface area contributed by atoms with E-state index in [2.05, 4.69) is 16.3 Å². The number of carbonyl (C=O) groups is 3. The Labute approximate surface area is 188 Å². The molecule has 32 heavy (non-hydrogen) atoms. The first kappa shape index (κ1) is 21.2. The number of likely N-dealkylation sites (tertiary alicyclic amines) is 1. The van der Waals surface area contributed by atoms with Crippen molar-refractivity contribution in [3.63, 3.8) is 0 Å². The molecule has 0 radical (unpaired) electrons. The van der Waals surface area contributed by atoms with Gasteiger partial charge < -0.3 is 15.1 Å². The summed E-state index contributed by atoms with van der Waals surface area (Å²) in [4.78, 5) is 52.8. The van der Waals surface area contributed by atoms with Gasteiger partial charge in [-0.25, -0.2) is 14.8 Å². The minimum atomic E-state index is -0.847. The molecule has 9 heteroatoms. The highest BCUT2D eigenvalue weighted by Gasteiger charge is 2.56.